The zero-order valence-electron chi connectivity index (χ0n) is 19.2. The first-order chi connectivity index (χ1) is 16.3. The number of nitrogens with zero attached hydrogens (tertiary/aromatic N) is 1. The van der Waals surface area contributed by atoms with E-state index in [4.69, 9.17) is 14.2 Å². The van der Waals surface area contributed by atoms with Gasteiger partial charge in [0, 0.05) is 24.4 Å². The minimum absolute atomic E-state index is 0.315. The number of hydrogen-bond acceptors (Lipinski definition) is 6. The average molecular weight is 481 g/mol. The van der Waals surface area contributed by atoms with Gasteiger partial charge in [-0.15, -0.1) is 0 Å². The van der Waals surface area contributed by atoms with Gasteiger partial charge in [0.05, 0.1) is 19.9 Å². The van der Waals surface area contributed by atoms with E-state index < -0.39 is 15.9 Å². The van der Waals surface area contributed by atoms with Crippen LogP contribution in [0.2, 0.25) is 0 Å². The molecule has 0 fully saturated rings. The van der Waals surface area contributed by atoms with Gasteiger partial charge in [0.25, 0.3) is 15.9 Å². The summed E-state index contributed by atoms with van der Waals surface area (Å²) in [6, 6.07) is 19.2. The summed E-state index contributed by atoms with van der Waals surface area (Å²) in [6.07, 6.45) is 0. The number of carbonyl (C=O) groups excluding carboxylic acids is 1. The molecule has 0 aromatic heterocycles. The first-order valence-electron chi connectivity index (χ1n) is 10.4. The zero-order valence-corrected chi connectivity index (χ0v) is 20.0. The van der Waals surface area contributed by atoms with Crippen molar-refractivity contribution >= 4 is 32.9 Å². The minimum atomic E-state index is -4.10. The molecule has 0 saturated carbocycles. The molecule has 0 radical (unpaired) electrons. The van der Waals surface area contributed by atoms with Crippen LogP contribution in [0.15, 0.2) is 71.6 Å². The predicted octanol–water partition coefficient (Wildman–Crippen LogP) is 4.65. The summed E-state index contributed by atoms with van der Waals surface area (Å²) >= 11 is 0. The van der Waals surface area contributed by atoms with Crippen molar-refractivity contribution in [3.05, 3.63) is 77.2 Å². The van der Waals surface area contributed by atoms with E-state index in [1.807, 2.05) is 30.3 Å². The molecule has 176 valence electrons. The Balaban J connectivity index is 1.64. The van der Waals surface area contributed by atoms with E-state index in [0.717, 1.165) is 4.31 Å². The minimum Gasteiger partial charge on any atom is -0.493 e. The summed E-state index contributed by atoms with van der Waals surface area (Å²) in [7, 11) is 0.264. The molecule has 1 amide bonds. The molecule has 34 heavy (non-hydrogen) atoms. The topological polar surface area (TPSA) is 94.2 Å². The Bertz CT molecular complexity index is 1370. The van der Waals surface area contributed by atoms with Gasteiger partial charge in [-0.2, -0.15) is 0 Å². The number of anilines is 2. The maximum absolute atomic E-state index is 13.2. The third kappa shape index (κ3) is 4.17. The number of fused-ring (bicyclic) bond motifs is 1. The molecule has 1 heterocycles. The number of rotatable bonds is 6. The fourth-order valence-corrected chi connectivity index (χ4v) is 5.18. The Hall–Kier alpha value is -3.98. The summed E-state index contributed by atoms with van der Waals surface area (Å²) in [5, 5.41) is 2.68. The quantitative estimate of drug-likeness (QED) is 0.552. The third-order valence-corrected chi connectivity index (χ3v) is 7.43. The summed E-state index contributed by atoms with van der Waals surface area (Å²) in [4.78, 5) is 12.8. The summed E-state index contributed by atoms with van der Waals surface area (Å²) < 4.78 is 44.0. The van der Waals surface area contributed by atoms with Crippen LogP contribution in [0.5, 0.6) is 23.0 Å². The van der Waals surface area contributed by atoms with Crippen LogP contribution in [0, 0.1) is 0 Å². The van der Waals surface area contributed by atoms with Crippen molar-refractivity contribution in [1.29, 1.82) is 0 Å². The number of sulfonamides is 1. The molecule has 0 spiro atoms. The molecular formula is C25H24N2O6S. The van der Waals surface area contributed by atoms with Crippen LogP contribution in [0.4, 0.5) is 11.4 Å². The molecule has 8 nitrogen and oxygen atoms in total. The van der Waals surface area contributed by atoms with Crippen molar-refractivity contribution in [2.24, 2.45) is 0 Å². The molecule has 9 heteroatoms. The fraction of sp³-hybridized carbons (Fsp3) is 0.160. The third-order valence-electron chi connectivity index (χ3n) is 5.50. The second-order valence-electron chi connectivity index (χ2n) is 7.54. The Labute approximate surface area is 198 Å². The van der Waals surface area contributed by atoms with Crippen molar-refractivity contribution in [2.75, 3.05) is 30.9 Å². The predicted molar refractivity (Wildman–Crippen MR) is 131 cm³/mol. The largest absolute Gasteiger partial charge is 0.493 e. The lowest BCUT2D eigenvalue weighted by molar-refractivity contribution is -0.112. The molecule has 0 bridgehead atoms. The van der Waals surface area contributed by atoms with Crippen LogP contribution in [-0.4, -0.2) is 35.6 Å². The Morgan fingerprint density at radius 3 is 2.09 bits per heavy atom. The number of benzene rings is 3. The molecule has 1 N–H and O–H groups in total. The van der Waals surface area contributed by atoms with Gasteiger partial charge in [0.1, 0.15) is 11.5 Å². The molecule has 0 saturated heterocycles. The number of ether oxygens (including phenoxy) is 3. The summed E-state index contributed by atoms with van der Waals surface area (Å²) in [5.74, 6) is 1.35. The van der Waals surface area contributed by atoms with Crippen LogP contribution in [0.1, 0.15) is 12.5 Å². The number of hydrogen-bond donors (Lipinski definition) is 1. The van der Waals surface area contributed by atoms with Crippen molar-refractivity contribution < 1.29 is 27.4 Å². The highest BCUT2D eigenvalue weighted by Crippen LogP contribution is 2.44. The van der Waals surface area contributed by atoms with Crippen molar-refractivity contribution in [2.45, 2.75) is 6.92 Å². The molecule has 0 aliphatic carbocycles. The van der Waals surface area contributed by atoms with E-state index in [9.17, 15) is 13.2 Å². The van der Waals surface area contributed by atoms with E-state index in [2.05, 4.69) is 5.32 Å². The van der Waals surface area contributed by atoms with Gasteiger partial charge in [-0.1, -0.05) is 18.2 Å². The van der Waals surface area contributed by atoms with E-state index in [1.54, 1.807) is 43.3 Å². The van der Waals surface area contributed by atoms with Crippen LogP contribution < -0.4 is 23.8 Å². The number of carbonyl (C=O) groups is 1. The maximum atomic E-state index is 13.2. The molecule has 0 atom stereocenters. The van der Waals surface area contributed by atoms with Gasteiger partial charge in [-0.05, 0) is 55.0 Å². The highest BCUT2D eigenvalue weighted by molar-refractivity contribution is 7.97. The fourth-order valence-electron chi connectivity index (χ4n) is 3.72. The molecular weight excluding hydrogens is 456 g/mol. The Morgan fingerprint density at radius 1 is 0.882 bits per heavy atom. The highest BCUT2D eigenvalue weighted by atomic mass is 32.2. The Kier molecular flexibility index (Phi) is 6.21. The number of nitrogens with one attached hydrogen (secondary N) is 1. The van der Waals surface area contributed by atoms with Gasteiger partial charge in [0.15, 0.2) is 16.4 Å². The molecule has 1 aliphatic heterocycles. The van der Waals surface area contributed by atoms with E-state index in [1.165, 1.54) is 21.3 Å². The van der Waals surface area contributed by atoms with E-state index >= 15 is 0 Å². The number of methoxy groups -OCH3 is 2. The van der Waals surface area contributed by atoms with Gasteiger partial charge in [0.2, 0.25) is 0 Å². The van der Waals surface area contributed by atoms with Gasteiger partial charge >= 0.3 is 0 Å². The first kappa shape index (κ1) is 23.2. The maximum Gasteiger partial charge on any atom is 0.269 e. The lowest BCUT2D eigenvalue weighted by Crippen LogP contribution is -2.36. The van der Waals surface area contributed by atoms with Crippen molar-refractivity contribution in [3.63, 3.8) is 0 Å². The van der Waals surface area contributed by atoms with E-state index in [0.29, 0.717) is 45.5 Å². The molecule has 1 aliphatic rings. The van der Waals surface area contributed by atoms with E-state index in [-0.39, 0.29) is 4.91 Å². The summed E-state index contributed by atoms with van der Waals surface area (Å²) in [6.45, 7) is 1.60. The van der Waals surface area contributed by atoms with Crippen LogP contribution in [-0.2, 0) is 14.8 Å². The van der Waals surface area contributed by atoms with Gasteiger partial charge in [-0.3, -0.25) is 9.10 Å². The smallest absolute Gasteiger partial charge is 0.269 e. The first-order valence-corrected chi connectivity index (χ1v) is 11.8. The normalized spacial score (nSPS) is 14.3. The zero-order chi connectivity index (χ0) is 24.5. The van der Waals surface area contributed by atoms with Crippen LogP contribution >= 0.6 is 0 Å². The Morgan fingerprint density at radius 2 is 1.47 bits per heavy atom. The second-order valence-corrected chi connectivity index (χ2v) is 9.45. The molecule has 3 aromatic carbocycles. The van der Waals surface area contributed by atoms with Crippen molar-refractivity contribution in [3.8, 4) is 23.0 Å². The molecule has 0 unspecified atom stereocenters. The average Bonchev–Trinajstić information content (AvgIpc) is 2.83. The lowest BCUT2D eigenvalue weighted by atomic mass is 10.0. The lowest BCUT2D eigenvalue weighted by Gasteiger charge is -2.30. The highest BCUT2D eigenvalue weighted by Gasteiger charge is 2.38. The van der Waals surface area contributed by atoms with Crippen LogP contribution in [0.25, 0.3) is 5.57 Å². The number of amides is 1. The van der Waals surface area contributed by atoms with Gasteiger partial charge in [-0.25, -0.2) is 8.42 Å². The summed E-state index contributed by atoms with van der Waals surface area (Å²) in [5.41, 5.74) is 1.71. The standard InChI is InChI=1S/C25H24N2O6S/c1-16-20-14-22(31-3)23(32-4)15-21(20)27(2)34(29,30)24(16)25(28)26-17-10-12-19(13-11-17)33-18-8-6-5-7-9-18/h5-15H,1-4H3,(H,26,28). The monoisotopic (exact) mass is 480 g/mol. The second kappa shape index (κ2) is 9.11. The SMILES string of the molecule is COc1cc2c(cc1OC)N(C)S(=O)(=O)C(C(=O)Nc1ccc(Oc3ccccc3)cc1)=C2C. The van der Waals surface area contributed by atoms with Crippen LogP contribution in [0.3, 0.4) is 0 Å². The van der Waals surface area contributed by atoms with Gasteiger partial charge < -0.3 is 19.5 Å². The molecule has 3 aromatic rings. The number of para-hydroxylation sites is 1. The van der Waals surface area contributed by atoms with Crippen molar-refractivity contribution in [1.82, 2.24) is 0 Å². The molecule has 4 rings (SSSR count). The number of allylic oxidation sites excluding steroid dienone is 1.